The number of aromatic nitrogens is 4. The van der Waals surface area contributed by atoms with Gasteiger partial charge in [0.2, 0.25) is 0 Å². The molecule has 6 nitrogen and oxygen atoms in total. The van der Waals surface area contributed by atoms with Crippen LogP contribution >= 0.6 is 0 Å². The van der Waals surface area contributed by atoms with Crippen molar-refractivity contribution in [3.8, 4) is 0 Å². The Morgan fingerprint density at radius 2 is 2.12 bits per heavy atom. The molecule has 1 aromatic heterocycles. The fraction of sp³-hybridized carbons (Fsp3) is 0.200. The SMILES string of the molecule is Cn1nnnc1CNC(=O)c1ccccc1. The predicted octanol–water partition coefficient (Wildman–Crippen LogP) is 0.140. The summed E-state index contributed by atoms with van der Waals surface area (Å²) < 4.78 is 1.52. The molecule has 0 aliphatic heterocycles. The summed E-state index contributed by atoms with van der Waals surface area (Å²) in [5, 5.41) is 13.7. The van der Waals surface area contributed by atoms with E-state index in [1.54, 1.807) is 19.2 Å². The van der Waals surface area contributed by atoms with E-state index >= 15 is 0 Å². The van der Waals surface area contributed by atoms with Crippen LogP contribution in [0.25, 0.3) is 0 Å². The molecule has 0 spiro atoms. The topological polar surface area (TPSA) is 72.7 Å². The van der Waals surface area contributed by atoms with Gasteiger partial charge in [-0.15, -0.1) is 5.10 Å². The van der Waals surface area contributed by atoms with Crippen molar-refractivity contribution in [3.63, 3.8) is 0 Å². The molecule has 2 rings (SSSR count). The molecule has 0 fully saturated rings. The van der Waals surface area contributed by atoms with E-state index in [4.69, 9.17) is 0 Å². The molecule has 0 atom stereocenters. The van der Waals surface area contributed by atoms with Crippen molar-refractivity contribution in [3.05, 3.63) is 41.7 Å². The zero-order valence-electron chi connectivity index (χ0n) is 8.79. The number of hydrogen-bond acceptors (Lipinski definition) is 4. The summed E-state index contributed by atoms with van der Waals surface area (Å²) in [4.78, 5) is 11.7. The maximum absolute atomic E-state index is 11.7. The number of nitrogens with one attached hydrogen (secondary N) is 1. The molecule has 82 valence electrons. The largest absolute Gasteiger partial charge is 0.345 e. The van der Waals surface area contributed by atoms with E-state index in [-0.39, 0.29) is 5.91 Å². The maximum atomic E-state index is 11.7. The number of tetrazole rings is 1. The van der Waals surface area contributed by atoms with Crippen LogP contribution in [0.4, 0.5) is 0 Å². The van der Waals surface area contributed by atoms with Crippen molar-refractivity contribution < 1.29 is 4.79 Å². The number of benzene rings is 1. The quantitative estimate of drug-likeness (QED) is 0.793. The Morgan fingerprint density at radius 1 is 1.38 bits per heavy atom. The summed E-state index contributed by atoms with van der Waals surface area (Å²) in [6.45, 7) is 0.317. The van der Waals surface area contributed by atoms with Gasteiger partial charge in [0.05, 0.1) is 6.54 Å². The normalized spacial score (nSPS) is 10.1. The van der Waals surface area contributed by atoms with Crippen molar-refractivity contribution in [2.75, 3.05) is 0 Å². The lowest BCUT2D eigenvalue weighted by Crippen LogP contribution is -2.24. The van der Waals surface area contributed by atoms with Crippen LogP contribution in [0.15, 0.2) is 30.3 Å². The number of carbonyl (C=O) groups excluding carboxylic acids is 1. The first kappa shape index (κ1) is 10.3. The van der Waals surface area contributed by atoms with Gasteiger partial charge in [-0.05, 0) is 22.6 Å². The zero-order chi connectivity index (χ0) is 11.4. The van der Waals surface area contributed by atoms with Crippen molar-refractivity contribution in [2.24, 2.45) is 7.05 Å². The van der Waals surface area contributed by atoms with Gasteiger partial charge in [-0.2, -0.15) is 0 Å². The third kappa shape index (κ3) is 2.22. The van der Waals surface area contributed by atoms with E-state index in [1.807, 2.05) is 18.2 Å². The average molecular weight is 217 g/mol. The molecular weight excluding hydrogens is 206 g/mol. The zero-order valence-corrected chi connectivity index (χ0v) is 8.79. The lowest BCUT2D eigenvalue weighted by Gasteiger charge is -2.03. The first-order chi connectivity index (χ1) is 7.77. The first-order valence-corrected chi connectivity index (χ1v) is 4.82. The standard InChI is InChI=1S/C10H11N5O/c1-15-9(12-13-14-15)7-11-10(16)8-5-3-2-4-6-8/h2-6H,7H2,1H3,(H,11,16). The number of carbonyl (C=O) groups is 1. The third-order valence-corrected chi connectivity index (χ3v) is 2.15. The Balaban J connectivity index is 1.97. The van der Waals surface area contributed by atoms with Crippen LogP contribution in [-0.2, 0) is 13.6 Å². The Morgan fingerprint density at radius 3 is 2.75 bits per heavy atom. The van der Waals surface area contributed by atoms with Gasteiger partial charge in [-0.3, -0.25) is 4.79 Å². The van der Waals surface area contributed by atoms with E-state index in [0.717, 1.165) is 0 Å². The molecule has 0 aliphatic rings. The van der Waals surface area contributed by atoms with Crippen molar-refractivity contribution >= 4 is 5.91 Å². The van der Waals surface area contributed by atoms with Crippen LogP contribution in [-0.4, -0.2) is 26.1 Å². The molecule has 0 radical (unpaired) electrons. The Hall–Kier alpha value is -2.24. The average Bonchev–Trinajstić information content (AvgIpc) is 2.73. The van der Waals surface area contributed by atoms with E-state index in [1.165, 1.54) is 4.68 Å². The Labute approximate surface area is 92.3 Å². The van der Waals surface area contributed by atoms with Crippen LogP contribution in [0.5, 0.6) is 0 Å². The first-order valence-electron chi connectivity index (χ1n) is 4.82. The van der Waals surface area contributed by atoms with Gasteiger partial charge in [0, 0.05) is 12.6 Å². The molecule has 2 aromatic rings. The second kappa shape index (κ2) is 4.52. The third-order valence-electron chi connectivity index (χ3n) is 2.15. The van der Waals surface area contributed by atoms with E-state index in [2.05, 4.69) is 20.8 Å². The minimum Gasteiger partial charge on any atom is -0.345 e. The maximum Gasteiger partial charge on any atom is 0.251 e. The monoisotopic (exact) mass is 217 g/mol. The van der Waals surface area contributed by atoms with Gasteiger partial charge >= 0.3 is 0 Å². The van der Waals surface area contributed by atoms with E-state index in [0.29, 0.717) is 17.9 Å². The highest BCUT2D eigenvalue weighted by molar-refractivity contribution is 5.93. The molecule has 0 aliphatic carbocycles. The summed E-state index contributed by atoms with van der Waals surface area (Å²) in [5.74, 6) is 0.480. The molecule has 6 heteroatoms. The number of amides is 1. The highest BCUT2D eigenvalue weighted by Gasteiger charge is 2.06. The molecular formula is C10H11N5O. The van der Waals surface area contributed by atoms with Crippen LogP contribution < -0.4 is 5.32 Å². The van der Waals surface area contributed by atoms with Gasteiger partial charge in [-0.25, -0.2) is 4.68 Å². The molecule has 0 bridgehead atoms. The molecule has 0 saturated carbocycles. The molecule has 1 N–H and O–H groups in total. The minimum absolute atomic E-state index is 0.136. The van der Waals surface area contributed by atoms with E-state index < -0.39 is 0 Å². The highest BCUT2D eigenvalue weighted by atomic mass is 16.1. The molecule has 0 unspecified atom stereocenters. The fourth-order valence-electron chi connectivity index (χ4n) is 1.25. The molecule has 16 heavy (non-hydrogen) atoms. The number of hydrogen-bond donors (Lipinski definition) is 1. The van der Waals surface area contributed by atoms with Gasteiger partial charge in [0.1, 0.15) is 0 Å². The highest BCUT2D eigenvalue weighted by Crippen LogP contribution is 1.98. The predicted molar refractivity (Wildman–Crippen MR) is 56.4 cm³/mol. The second-order valence-corrected chi connectivity index (χ2v) is 3.27. The summed E-state index contributed by atoms with van der Waals surface area (Å²) >= 11 is 0. The van der Waals surface area contributed by atoms with Crippen LogP contribution in [0, 0.1) is 0 Å². The summed E-state index contributed by atoms with van der Waals surface area (Å²) in [6, 6.07) is 9.01. The molecule has 1 heterocycles. The van der Waals surface area contributed by atoms with Gasteiger partial charge in [0.25, 0.3) is 5.91 Å². The van der Waals surface area contributed by atoms with Crippen LogP contribution in [0.1, 0.15) is 16.2 Å². The van der Waals surface area contributed by atoms with Crippen molar-refractivity contribution in [2.45, 2.75) is 6.54 Å². The number of nitrogens with zero attached hydrogens (tertiary/aromatic N) is 4. The van der Waals surface area contributed by atoms with Crippen LogP contribution in [0.2, 0.25) is 0 Å². The molecule has 1 amide bonds. The summed E-state index contributed by atoms with van der Waals surface area (Å²) in [7, 11) is 1.73. The summed E-state index contributed by atoms with van der Waals surface area (Å²) in [5.41, 5.74) is 0.623. The van der Waals surface area contributed by atoms with Gasteiger partial charge in [0.15, 0.2) is 5.82 Å². The van der Waals surface area contributed by atoms with Gasteiger partial charge in [-0.1, -0.05) is 18.2 Å². The number of aryl methyl sites for hydroxylation is 1. The number of rotatable bonds is 3. The van der Waals surface area contributed by atoms with Gasteiger partial charge < -0.3 is 5.32 Å². The lowest BCUT2D eigenvalue weighted by atomic mass is 10.2. The Bertz CT molecular complexity index is 479. The lowest BCUT2D eigenvalue weighted by molar-refractivity contribution is 0.0949. The second-order valence-electron chi connectivity index (χ2n) is 3.27. The fourth-order valence-corrected chi connectivity index (χ4v) is 1.25. The smallest absolute Gasteiger partial charge is 0.251 e. The Kier molecular flexibility index (Phi) is 2.90. The van der Waals surface area contributed by atoms with Crippen molar-refractivity contribution in [1.29, 1.82) is 0 Å². The molecule has 1 aromatic carbocycles. The molecule has 0 saturated heterocycles. The van der Waals surface area contributed by atoms with Crippen molar-refractivity contribution in [1.82, 2.24) is 25.5 Å². The van der Waals surface area contributed by atoms with Crippen LogP contribution in [0.3, 0.4) is 0 Å². The minimum atomic E-state index is -0.136. The van der Waals surface area contributed by atoms with E-state index in [9.17, 15) is 4.79 Å². The summed E-state index contributed by atoms with van der Waals surface area (Å²) in [6.07, 6.45) is 0.